The van der Waals surface area contributed by atoms with Gasteiger partial charge in [-0.15, -0.1) is 0 Å². The van der Waals surface area contributed by atoms with Gasteiger partial charge < -0.3 is 10.2 Å². The highest BCUT2D eigenvalue weighted by atomic mass is 16.3. The van der Waals surface area contributed by atoms with E-state index in [9.17, 15) is 10.2 Å². The number of benzene rings is 5. The van der Waals surface area contributed by atoms with Gasteiger partial charge in [0.05, 0.1) is 11.4 Å². The van der Waals surface area contributed by atoms with E-state index in [0.29, 0.717) is 0 Å². The van der Waals surface area contributed by atoms with Crippen LogP contribution in [0.15, 0.2) is 122 Å². The van der Waals surface area contributed by atoms with Crippen molar-refractivity contribution in [2.24, 2.45) is 0 Å². The van der Waals surface area contributed by atoms with Crippen LogP contribution in [-0.4, -0.2) is 20.2 Å². The molecule has 0 radical (unpaired) electrons. The summed E-state index contributed by atoms with van der Waals surface area (Å²) >= 11 is 0. The van der Waals surface area contributed by atoms with Crippen LogP contribution in [0, 0.1) is 0 Å². The lowest BCUT2D eigenvalue weighted by molar-refractivity contribution is 0.477. The topological polar surface area (TPSA) is 66.2 Å². The van der Waals surface area contributed by atoms with E-state index in [1.165, 1.54) is 0 Å². The molecule has 0 fully saturated rings. The lowest BCUT2D eigenvalue weighted by atomic mass is 9.82. The zero-order chi connectivity index (χ0) is 33.8. The van der Waals surface area contributed by atoms with E-state index < -0.39 is 0 Å². The summed E-state index contributed by atoms with van der Waals surface area (Å²) < 4.78 is 0. The zero-order valence-electron chi connectivity index (χ0n) is 28.3. The third-order valence-electron chi connectivity index (χ3n) is 9.29. The van der Waals surface area contributed by atoms with Crippen molar-refractivity contribution in [3.8, 4) is 56.3 Å². The largest absolute Gasteiger partial charge is 0.507 e. The van der Waals surface area contributed by atoms with Crippen LogP contribution in [0.3, 0.4) is 0 Å². The summed E-state index contributed by atoms with van der Waals surface area (Å²) in [5, 5.41) is 27.8. The summed E-state index contributed by atoms with van der Waals surface area (Å²) in [6.45, 7) is 13.1. The van der Waals surface area contributed by atoms with Crippen molar-refractivity contribution in [1.82, 2.24) is 9.97 Å². The first-order valence-corrected chi connectivity index (χ1v) is 16.4. The highest BCUT2D eigenvalue weighted by molar-refractivity contribution is 6.10. The molecule has 0 atom stereocenters. The van der Waals surface area contributed by atoms with Gasteiger partial charge >= 0.3 is 0 Å². The summed E-state index contributed by atoms with van der Waals surface area (Å²) in [7, 11) is 0. The first-order chi connectivity index (χ1) is 22.9. The maximum absolute atomic E-state index is 11.7. The predicted molar refractivity (Wildman–Crippen MR) is 200 cm³/mol. The highest BCUT2D eigenvalue weighted by Gasteiger charge is 2.23. The fraction of sp³-hybridized carbons (Fsp3) is 0.182. The van der Waals surface area contributed by atoms with Gasteiger partial charge in [-0.25, -0.2) is 0 Å². The predicted octanol–water partition coefficient (Wildman–Crippen LogP) is 11.5. The van der Waals surface area contributed by atoms with Crippen LogP contribution in [0.1, 0.15) is 52.7 Å². The molecule has 238 valence electrons. The molecule has 0 unspecified atom stereocenters. The molecular formula is C44H40N2O2. The molecule has 0 aliphatic heterocycles. The molecule has 2 aromatic heterocycles. The maximum atomic E-state index is 11.7. The Bertz CT molecular complexity index is 2150. The molecule has 4 nitrogen and oxygen atoms in total. The average Bonchev–Trinajstić information content (AvgIpc) is 3.07. The number of fused-ring (bicyclic) bond motifs is 3. The molecule has 5 aromatic carbocycles. The molecule has 4 heteroatoms. The van der Waals surface area contributed by atoms with Gasteiger partial charge in [0.15, 0.2) is 0 Å². The van der Waals surface area contributed by atoms with Gasteiger partial charge in [0.1, 0.15) is 11.5 Å². The Labute approximate surface area is 282 Å². The van der Waals surface area contributed by atoms with Gasteiger partial charge in [0.25, 0.3) is 0 Å². The summed E-state index contributed by atoms with van der Waals surface area (Å²) in [6, 6.07) is 36.9. The molecule has 0 spiro atoms. The van der Waals surface area contributed by atoms with E-state index in [1.54, 1.807) is 12.4 Å². The third-order valence-corrected chi connectivity index (χ3v) is 9.29. The van der Waals surface area contributed by atoms with Gasteiger partial charge in [-0.05, 0) is 115 Å². The first kappa shape index (κ1) is 31.1. The molecule has 7 rings (SSSR count). The SMILES string of the molecule is CC(C)(C)c1cc(-c2ccc3ccc4ccc(-c5cc(C(C)(C)C)cc(-c6ccccn6)c5O)cc4c3c2)c(O)c(-c2ccccn2)c1. The van der Waals surface area contributed by atoms with Gasteiger partial charge in [-0.1, -0.05) is 90.1 Å². The number of phenols is 2. The summed E-state index contributed by atoms with van der Waals surface area (Å²) in [5.41, 5.74) is 8.27. The van der Waals surface area contributed by atoms with Crippen LogP contribution in [-0.2, 0) is 10.8 Å². The number of hydrogen-bond acceptors (Lipinski definition) is 4. The van der Waals surface area contributed by atoms with Gasteiger partial charge in [-0.2, -0.15) is 0 Å². The minimum atomic E-state index is -0.137. The smallest absolute Gasteiger partial charge is 0.132 e. The van der Waals surface area contributed by atoms with E-state index in [2.05, 4.69) is 124 Å². The molecule has 7 aromatic rings. The van der Waals surface area contributed by atoms with Crippen molar-refractivity contribution in [2.75, 3.05) is 0 Å². The van der Waals surface area contributed by atoms with E-state index in [4.69, 9.17) is 0 Å². The first-order valence-electron chi connectivity index (χ1n) is 16.4. The molecule has 0 saturated carbocycles. The minimum absolute atomic E-state index is 0.137. The van der Waals surface area contributed by atoms with E-state index >= 15 is 0 Å². The van der Waals surface area contributed by atoms with Crippen molar-refractivity contribution < 1.29 is 10.2 Å². The number of hydrogen-bond donors (Lipinski definition) is 2. The van der Waals surface area contributed by atoms with Crippen molar-refractivity contribution in [2.45, 2.75) is 52.4 Å². The van der Waals surface area contributed by atoms with E-state index in [0.717, 1.165) is 77.4 Å². The third kappa shape index (κ3) is 5.68. The molecule has 2 heterocycles. The molecule has 0 aliphatic rings. The lowest BCUT2D eigenvalue weighted by Crippen LogP contribution is -2.11. The fourth-order valence-corrected chi connectivity index (χ4v) is 6.39. The normalized spacial score (nSPS) is 12.1. The number of nitrogens with zero attached hydrogens (tertiary/aromatic N) is 2. The van der Waals surface area contributed by atoms with Crippen LogP contribution in [0.25, 0.3) is 66.3 Å². The summed E-state index contributed by atoms with van der Waals surface area (Å²) in [5.74, 6) is 0.431. The van der Waals surface area contributed by atoms with E-state index in [-0.39, 0.29) is 22.3 Å². The second-order valence-electron chi connectivity index (χ2n) is 14.7. The van der Waals surface area contributed by atoms with Crippen molar-refractivity contribution in [1.29, 1.82) is 0 Å². The highest BCUT2D eigenvalue weighted by Crippen LogP contribution is 2.45. The molecular weight excluding hydrogens is 588 g/mol. The number of rotatable bonds is 4. The van der Waals surface area contributed by atoms with Gasteiger partial charge in [-0.3, -0.25) is 9.97 Å². The Hall–Kier alpha value is -5.48. The molecule has 0 aliphatic carbocycles. The fourth-order valence-electron chi connectivity index (χ4n) is 6.39. The molecule has 48 heavy (non-hydrogen) atoms. The Kier molecular flexibility index (Phi) is 7.55. The Morgan fingerprint density at radius 2 is 0.812 bits per heavy atom. The molecule has 0 bridgehead atoms. The van der Waals surface area contributed by atoms with Crippen LogP contribution >= 0.6 is 0 Å². The zero-order valence-corrected chi connectivity index (χ0v) is 28.3. The van der Waals surface area contributed by atoms with Crippen LogP contribution < -0.4 is 0 Å². The number of aromatic hydroxyl groups is 2. The quantitative estimate of drug-likeness (QED) is 0.190. The Balaban J connectivity index is 1.45. The standard InChI is InChI=1S/C44H40N2O2/c1-43(2,3)31-23-35(41(47)37(25-31)39-11-7-9-19-45-39)29-17-15-27-13-14-28-16-18-30(22-34(28)33(27)21-29)36-24-32(44(4,5)6)26-38(42(36)48)40-12-8-10-20-46-40/h7-26,47-48H,1-6H3. The number of phenolic OH excluding ortho intramolecular Hbond substituents is 2. The second-order valence-corrected chi connectivity index (χ2v) is 14.7. The van der Waals surface area contributed by atoms with Crippen LogP contribution in [0.5, 0.6) is 11.5 Å². The monoisotopic (exact) mass is 628 g/mol. The Morgan fingerprint density at radius 1 is 0.438 bits per heavy atom. The van der Waals surface area contributed by atoms with Crippen molar-refractivity contribution in [3.05, 3.63) is 133 Å². The summed E-state index contributed by atoms with van der Waals surface area (Å²) in [4.78, 5) is 9.13. The van der Waals surface area contributed by atoms with Gasteiger partial charge in [0, 0.05) is 34.6 Å². The van der Waals surface area contributed by atoms with Gasteiger partial charge in [0.2, 0.25) is 0 Å². The molecule has 0 amide bonds. The van der Waals surface area contributed by atoms with E-state index in [1.807, 2.05) is 36.4 Å². The molecule has 2 N–H and O–H groups in total. The number of aromatic nitrogens is 2. The second kappa shape index (κ2) is 11.6. The summed E-state index contributed by atoms with van der Waals surface area (Å²) in [6.07, 6.45) is 3.51. The maximum Gasteiger partial charge on any atom is 0.132 e. The minimum Gasteiger partial charge on any atom is -0.507 e. The number of pyridine rings is 2. The van der Waals surface area contributed by atoms with Crippen molar-refractivity contribution >= 4 is 21.5 Å². The van der Waals surface area contributed by atoms with Crippen molar-refractivity contribution in [3.63, 3.8) is 0 Å². The average molecular weight is 629 g/mol. The van der Waals surface area contributed by atoms with Crippen LogP contribution in [0.2, 0.25) is 0 Å². The molecule has 0 saturated heterocycles. The lowest BCUT2D eigenvalue weighted by Gasteiger charge is -2.23. The van der Waals surface area contributed by atoms with Crippen LogP contribution in [0.4, 0.5) is 0 Å². The Morgan fingerprint density at radius 3 is 1.17 bits per heavy atom.